The Balaban J connectivity index is 1.57. The average Bonchev–Trinajstić information content (AvgIpc) is 3.37. The van der Waals surface area contributed by atoms with Crippen LogP contribution in [0, 0.1) is 23.0 Å². The molecule has 0 amide bonds. The van der Waals surface area contributed by atoms with E-state index in [0.29, 0.717) is 24.4 Å². The molecule has 2 atom stereocenters. The fourth-order valence-electron chi connectivity index (χ4n) is 4.96. The van der Waals surface area contributed by atoms with E-state index >= 15 is 0 Å². The lowest BCUT2D eigenvalue weighted by molar-refractivity contribution is 0.388. The summed E-state index contributed by atoms with van der Waals surface area (Å²) >= 11 is 0. The molecular weight excluding hydrogens is 460 g/mol. The molecule has 3 aromatic heterocycles. The predicted octanol–water partition coefficient (Wildman–Crippen LogP) is 5.58. The molecular formula is C27H25F2N7. The molecule has 0 saturated heterocycles. The number of aromatic nitrogens is 6. The second-order valence-corrected chi connectivity index (χ2v) is 9.27. The summed E-state index contributed by atoms with van der Waals surface area (Å²) in [6, 6.07) is 9.54. The third-order valence-electron chi connectivity index (χ3n) is 7.05. The summed E-state index contributed by atoms with van der Waals surface area (Å²) in [5, 5.41) is 22.2. The molecule has 1 aromatic carbocycles. The van der Waals surface area contributed by atoms with E-state index in [9.17, 15) is 8.78 Å². The second kappa shape index (κ2) is 9.53. The number of aryl methyl sites for hydroxylation is 1. The molecule has 0 N–H and O–H groups in total. The Bertz CT molecular complexity index is 1440. The van der Waals surface area contributed by atoms with Gasteiger partial charge in [-0.15, -0.1) is 5.10 Å². The van der Waals surface area contributed by atoms with Gasteiger partial charge in [0.2, 0.25) is 0 Å². The van der Waals surface area contributed by atoms with Crippen molar-refractivity contribution in [2.24, 2.45) is 0 Å². The van der Waals surface area contributed by atoms with Crippen molar-refractivity contribution in [2.45, 2.75) is 57.4 Å². The molecule has 9 heteroatoms. The lowest BCUT2D eigenvalue weighted by atomic mass is 9.68. The number of hydrogen-bond acceptors (Lipinski definition) is 6. The van der Waals surface area contributed by atoms with Crippen LogP contribution in [0.25, 0.3) is 22.6 Å². The lowest BCUT2D eigenvalue weighted by Gasteiger charge is -2.37. The molecule has 1 aliphatic rings. The van der Waals surface area contributed by atoms with Crippen molar-refractivity contribution in [3.8, 4) is 28.7 Å². The van der Waals surface area contributed by atoms with Gasteiger partial charge in [0.15, 0.2) is 0 Å². The summed E-state index contributed by atoms with van der Waals surface area (Å²) in [5.74, 6) is -1.13. The van der Waals surface area contributed by atoms with Gasteiger partial charge in [0.05, 0.1) is 53.3 Å². The van der Waals surface area contributed by atoms with E-state index in [4.69, 9.17) is 10.2 Å². The molecule has 0 fully saturated rings. The molecule has 1 aliphatic carbocycles. The van der Waals surface area contributed by atoms with Crippen LogP contribution in [0.5, 0.6) is 0 Å². The van der Waals surface area contributed by atoms with Crippen molar-refractivity contribution in [1.82, 2.24) is 29.9 Å². The Hall–Kier alpha value is -4.06. The largest absolute Gasteiger partial charge is 0.271 e. The van der Waals surface area contributed by atoms with Crippen LogP contribution < -0.4 is 0 Å². The van der Waals surface area contributed by atoms with Crippen LogP contribution in [0.2, 0.25) is 0 Å². The molecule has 0 unspecified atom stereocenters. The molecule has 0 bridgehead atoms. The van der Waals surface area contributed by atoms with E-state index in [1.165, 1.54) is 18.2 Å². The SMILES string of the molecule is CC[C@@H]1CC[C@@](C)(c2cncc(-c3ccn(CCC#N)n3)n2)c2nnc(-c3c(F)cccc3F)cc21. The smallest absolute Gasteiger partial charge is 0.135 e. The third-order valence-corrected chi connectivity index (χ3v) is 7.05. The summed E-state index contributed by atoms with van der Waals surface area (Å²) in [5.41, 5.74) is 3.18. The number of nitriles is 1. The first-order valence-electron chi connectivity index (χ1n) is 12.0. The van der Waals surface area contributed by atoms with Crippen LogP contribution in [0.3, 0.4) is 0 Å². The highest BCUT2D eigenvalue weighted by molar-refractivity contribution is 5.62. The quantitative estimate of drug-likeness (QED) is 0.354. The molecule has 4 aromatic rings. The molecule has 36 heavy (non-hydrogen) atoms. The zero-order valence-corrected chi connectivity index (χ0v) is 20.1. The molecule has 0 saturated carbocycles. The van der Waals surface area contributed by atoms with Gasteiger partial charge in [-0.3, -0.25) is 9.67 Å². The number of hydrogen-bond donors (Lipinski definition) is 0. The van der Waals surface area contributed by atoms with Gasteiger partial charge in [-0.1, -0.05) is 13.0 Å². The molecule has 0 radical (unpaired) electrons. The maximum absolute atomic E-state index is 14.5. The van der Waals surface area contributed by atoms with Crippen LogP contribution in [-0.2, 0) is 12.0 Å². The van der Waals surface area contributed by atoms with Gasteiger partial charge in [0.25, 0.3) is 0 Å². The fraction of sp³-hybridized carbons (Fsp3) is 0.333. The van der Waals surface area contributed by atoms with Crippen LogP contribution in [0.1, 0.15) is 62.4 Å². The van der Waals surface area contributed by atoms with Crippen molar-refractivity contribution in [3.05, 3.63) is 77.5 Å². The minimum absolute atomic E-state index is 0.163. The minimum Gasteiger partial charge on any atom is -0.271 e. The van der Waals surface area contributed by atoms with Gasteiger partial charge >= 0.3 is 0 Å². The average molecular weight is 486 g/mol. The van der Waals surface area contributed by atoms with Gasteiger partial charge in [-0.2, -0.15) is 15.5 Å². The van der Waals surface area contributed by atoms with Gasteiger partial charge in [-0.05, 0) is 61.9 Å². The first-order chi connectivity index (χ1) is 17.4. The van der Waals surface area contributed by atoms with Crippen molar-refractivity contribution >= 4 is 0 Å². The number of nitrogens with zero attached hydrogens (tertiary/aromatic N) is 7. The van der Waals surface area contributed by atoms with Gasteiger partial charge < -0.3 is 0 Å². The highest BCUT2D eigenvalue weighted by Crippen LogP contribution is 2.47. The van der Waals surface area contributed by atoms with Gasteiger partial charge in [0, 0.05) is 12.4 Å². The van der Waals surface area contributed by atoms with E-state index < -0.39 is 17.0 Å². The Labute approximate surface area is 207 Å². The number of fused-ring (bicyclic) bond motifs is 1. The van der Waals surface area contributed by atoms with Gasteiger partial charge in [0.1, 0.15) is 23.0 Å². The standard InChI is InChI=1S/C27H25F2N7/c1-3-17-8-10-27(2,24-16-31-15-23(32-24)21-9-13-36(35-21)12-5-11-30)26-18(17)14-22(33-34-26)25-19(28)6-4-7-20(25)29/h4,6-7,9,13-17H,3,5,8,10,12H2,1-2H3/t17-,27+/m1/s1. The molecule has 3 heterocycles. The van der Waals surface area contributed by atoms with E-state index in [1.807, 2.05) is 12.3 Å². The number of benzene rings is 1. The number of halogens is 2. The number of rotatable bonds is 6. The highest BCUT2D eigenvalue weighted by atomic mass is 19.1. The van der Waals surface area contributed by atoms with Crippen molar-refractivity contribution < 1.29 is 8.78 Å². The summed E-state index contributed by atoms with van der Waals surface area (Å²) in [6.45, 7) is 4.67. The maximum atomic E-state index is 14.5. The molecule has 182 valence electrons. The van der Waals surface area contributed by atoms with E-state index in [-0.39, 0.29) is 17.2 Å². The Kier molecular flexibility index (Phi) is 6.27. The molecule has 5 rings (SSSR count). The van der Waals surface area contributed by atoms with Gasteiger partial charge in [-0.25, -0.2) is 13.8 Å². The van der Waals surface area contributed by atoms with E-state index in [1.54, 1.807) is 23.1 Å². The van der Waals surface area contributed by atoms with Crippen molar-refractivity contribution in [2.75, 3.05) is 0 Å². The highest BCUT2D eigenvalue weighted by Gasteiger charge is 2.41. The minimum atomic E-state index is -0.663. The monoisotopic (exact) mass is 485 g/mol. The first-order valence-corrected chi connectivity index (χ1v) is 12.0. The predicted molar refractivity (Wildman–Crippen MR) is 130 cm³/mol. The van der Waals surface area contributed by atoms with Crippen LogP contribution in [-0.4, -0.2) is 29.9 Å². The fourth-order valence-corrected chi connectivity index (χ4v) is 4.96. The lowest BCUT2D eigenvalue weighted by Crippen LogP contribution is -2.33. The Morgan fingerprint density at radius 1 is 1.11 bits per heavy atom. The normalized spacial score (nSPS) is 19.0. The maximum Gasteiger partial charge on any atom is 0.135 e. The summed E-state index contributed by atoms with van der Waals surface area (Å²) in [7, 11) is 0. The van der Waals surface area contributed by atoms with Crippen LogP contribution in [0.4, 0.5) is 8.78 Å². The van der Waals surface area contributed by atoms with Crippen LogP contribution >= 0.6 is 0 Å². The molecule has 0 aliphatic heterocycles. The van der Waals surface area contributed by atoms with Crippen molar-refractivity contribution in [1.29, 1.82) is 5.26 Å². The summed E-state index contributed by atoms with van der Waals surface area (Å²) in [4.78, 5) is 9.34. The Morgan fingerprint density at radius 2 is 1.92 bits per heavy atom. The van der Waals surface area contributed by atoms with Crippen molar-refractivity contribution in [3.63, 3.8) is 0 Å². The summed E-state index contributed by atoms with van der Waals surface area (Å²) < 4.78 is 30.7. The van der Waals surface area contributed by atoms with E-state index in [0.717, 1.165) is 36.2 Å². The Morgan fingerprint density at radius 3 is 2.67 bits per heavy atom. The zero-order valence-electron chi connectivity index (χ0n) is 20.1. The summed E-state index contributed by atoms with van der Waals surface area (Å²) in [6.07, 6.45) is 8.13. The van der Waals surface area contributed by atoms with Crippen LogP contribution in [0.15, 0.2) is 48.9 Å². The molecule has 0 spiro atoms. The molecule has 7 nitrogen and oxygen atoms in total. The topological polar surface area (TPSA) is 93.2 Å². The zero-order chi connectivity index (χ0) is 25.3. The second-order valence-electron chi connectivity index (χ2n) is 9.27. The first kappa shape index (κ1) is 23.7. The third kappa shape index (κ3) is 4.13. The van der Waals surface area contributed by atoms with E-state index in [2.05, 4.69) is 40.2 Å².